The summed E-state index contributed by atoms with van der Waals surface area (Å²) in [5.41, 5.74) is 0. The van der Waals surface area contributed by atoms with Crippen LogP contribution in [-0.2, 0) is 4.74 Å². The van der Waals surface area contributed by atoms with Gasteiger partial charge in [0.2, 0.25) is 0 Å². The third-order valence-corrected chi connectivity index (χ3v) is 1.59. The number of carbonyl (C=O) groups excluding carboxylic acids is 1. The van der Waals surface area contributed by atoms with Crippen LogP contribution in [0.3, 0.4) is 0 Å². The molecule has 0 unspecified atom stereocenters. The van der Waals surface area contributed by atoms with E-state index < -0.39 is 0 Å². The number of ether oxygens (including phenoxy) is 1. The van der Waals surface area contributed by atoms with Gasteiger partial charge in [-0.2, -0.15) is 0 Å². The minimum atomic E-state index is -0.166. The second-order valence-corrected chi connectivity index (χ2v) is 2.71. The second-order valence-electron chi connectivity index (χ2n) is 2.71. The summed E-state index contributed by atoms with van der Waals surface area (Å²) in [6.07, 6.45) is -0.166. The smallest absolute Gasteiger partial charge is 0.409 e. The van der Waals surface area contributed by atoms with E-state index in [2.05, 4.69) is 6.92 Å². The van der Waals surface area contributed by atoms with Gasteiger partial charge in [-0.15, -0.1) is 0 Å². The Morgan fingerprint density at radius 1 is 1.70 bits per heavy atom. The molecule has 1 heterocycles. The van der Waals surface area contributed by atoms with Crippen LogP contribution >= 0.6 is 0 Å². The predicted molar refractivity (Wildman–Crippen MR) is 37.8 cm³/mol. The van der Waals surface area contributed by atoms with E-state index in [-0.39, 0.29) is 6.09 Å². The summed E-state index contributed by atoms with van der Waals surface area (Å²) >= 11 is 0. The molecule has 0 aromatic carbocycles. The van der Waals surface area contributed by atoms with Gasteiger partial charge < -0.3 is 9.64 Å². The standard InChI is InChI=1S/C7H13NO2/c1-3-10-7(9)8-4-6(2)5-8/h6H,3-5H2,1-2H3. The quantitative estimate of drug-likeness (QED) is 0.550. The third-order valence-electron chi connectivity index (χ3n) is 1.59. The number of hydrogen-bond acceptors (Lipinski definition) is 2. The van der Waals surface area contributed by atoms with Gasteiger partial charge in [-0.05, 0) is 12.8 Å². The molecule has 10 heavy (non-hydrogen) atoms. The lowest BCUT2D eigenvalue weighted by molar-refractivity contribution is 0.0620. The summed E-state index contributed by atoms with van der Waals surface area (Å²) in [6.45, 7) is 6.14. The molecule has 0 atom stereocenters. The monoisotopic (exact) mass is 143 g/mol. The van der Waals surface area contributed by atoms with E-state index in [1.54, 1.807) is 4.90 Å². The van der Waals surface area contributed by atoms with Crippen molar-refractivity contribution in [3.63, 3.8) is 0 Å². The van der Waals surface area contributed by atoms with E-state index in [4.69, 9.17) is 4.74 Å². The summed E-state index contributed by atoms with van der Waals surface area (Å²) in [7, 11) is 0. The molecule has 3 nitrogen and oxygen atoms in total. The first kappa shape index (κ1) is 7.38. The first-order valence-corrected chi connectivity index (χ1v) is 3.65. The zero-order valence-electron chi connectivity index (χ0n) is 6.46. The zero-order chi connectivity index (χ0) is 7.56. The minimum Gasteiger partial charge on any atom is -0.450 e. The van der Waals surface area contributed by atoms with Crippen molar-refractivity contribution in [2.24, 2.45) is 5.92 Å². The largest absolute Gasteiger partial charge is 0.450 e. The molecule has 3 heteroatoms. The van der Waals surface area contributed by atoms with Crippen molar-refractivity contribution in [3.8, 4) is 0 Å². The lowest BCUT2D eigenvalue weighted by atomic mass is 10.0. The van der Waals surface area contributed by atoms with Gasteiger partial charge in [0.05, 0.1) is 6.61 Å². The van der Waals surface area contributed by atoms with E-state index in [0.29, 0.717) is 12.5 Å². The molecule has 1 saturated heterocycles. The normalized spacial score (nSPS) is 18.4. The average molecular weight is 143 g/mol. The molecule has 0 aromatic rings. The van der Waals surface area contributed by atoms with Crippen LogP contribution in [0.1, 0.15) is 13.8 Å². The van der Waals surface area contributed by atoms with Crippen molar-refractivity contribution in [3.05, 3.63) is 0 Å². The van der Waals surface area contributed by atoms with Crippen molar-refractivity contribution in [2.45, 2.75) is 13.8 Å². The maximum atomic E-state index is 10.9. The molecule has 1 rings (SSSR count). The number of nitrogens with zero attached hydrogens (tertiary/aromatic N) is 1. The van der Waals surface area contributed by atoms with E-state index >= 15 is 0 Å². The molecular weight excluding hydrogens is 130 g/mol. The highest BCUT2D eigenvalue weighted by atomic mass is 16.6. The Morgan fingerprint density at radius 3 is 2.70 bits per heavy atom. The molecule has 0 saturated carbocycles. The van der Waals surface area contributed by atoms with Gasteiger partial charge in [0.15, 0.2) is 0 Å². The van der Waals surface area contributed by atoms with Gasteiger partial charge >= 0.3 is 6.09 Å². The van der Waals surface area contributed by atoms with E-state index in [0.717, 1.165) is 13.1 Å². The molecule has 1 aliphatic rings. The van der Waals surface area contributed by atoms with Crippen LogP contribution < -0.4 is 0 Å². The molecule has 0 bridgehead atoms. The van der Waals surface area contributed by atoms with Gasteiger partial charge in [0.1, 0.15) is 0 Å². The Morgan fingerprint density at radius 2 is 2.30 bits per heavy atom. The molecular formula is C7H13NO2. The fourth-order valence-electron chi connectivity index (χ4n) is 1.06. The summed E-state index contributed by atoms with van der Waals surface area (Å²) < 4.78 is 4.78. The van der Waals surface area contributed by atoms with Gasteiger partial charge in [-0.25, -0.2) is 4.79 Å². The third kappa shape index (κ3) is 1.40. The predicted octanol–water partition coefficient (Wildman–Crippen LogP) is 1.09. The Labute approximate surface area is 61.0 Å². The van der Waals surface area contributed by atoms with Crippen molar-refractivity contribution >= 4 is 6.09 Å². The zero-order valence-corrected chi connectivity index (χ0v) is 6.46. The Kier molecular flexibility index (Phi) is 2.14. The second kappa shape index (κ2) is 2.90. The van der Waals surface area contributed by atoms with Crippen LogP contribution in [0.15, 0.2) is 0 Å². The molecule has 1 fully saturated rings. The maximum absolute atomic E-state index is 10.9. The summed E-state index contributed by atoms with van der Waals surface area (Å²) in [5, 5.41) is 0. The van der Waals surface area contributed by atoms with Gasteiger partial charge in [-0.3, -0.25) is 0 Å². The maximum Gasteiger partial charge on any atom is 0.409 e. The highest BCUT2D eigenvalue weighted by Crippen LogP contribution is 2.14. The molecule has 0 radical (unpaired) electrons. The SMILES string of the molecule is CCOC(=O)N1CC(C)C1. The molecule has 0 spiro atoms. The lowest BCUT2D eigenvalue weighted by Gasteiger charge is -2.35. The number of hydrogen-bond donors (Lipinski definition) is 0. The Balaban J connectivity index is 2.18. The first-order valence-electron chi connectivity index (χ1n) is 3.65. The fraction of sp³-hybridized carbons (Fsp3) is 0.857. The Hall–Kier alpha value is -0.730. The van der Waals surface area contributed by atoms with Crippen LogP contribution in [0, 0.1) is 5.92 Å². The van der Waals surface area contributed by atoms with Crippen LogP contribution in [0.5, 0.6) is 0 Å². The Bertz CT molecular complexity index is 130. The molecule has 0 aromatic heterocycles. The van der Waals surface area contributed by atoms with Crippen molar-refractivity contribution in [1.82, 2.24) is 4.90 Å². The minimum absolute atomic E-state index is 0.166. The topological polar surface area (TPSA) is 29.5 Å². The fourth-order valence-corrected chi connectivity index (χ4v) is 1.06. The molecule has 1 amide bonds. The molecule has 1 aliphatic heterocycles. The molecule has 0 N–H and O–H groups in total. The van der Waals surface area contributed by atoms with E-state index in [1.807, 2.05) is 6.92 Å². The number of carbonyl (C=O) groups is 1. The average Bonchev–Trinajstić information content (AvgIpc) is 1.82. The van der Waals surface area contributed by atoms with Gasteiger partial charge in [-0.1, -0.05) is 6.92 Å². The summed E-state index contributed by atoms with van der Waals surface area (Å²) in [4.78, 5) is 12.6. The first-order chi connectivity index (χ1) is 4.74. The highest BCUT2D eigenvalue weighted by molar-refractivity contribution is 5.68. The number of likely N-dealkylation sites (tertiary alicyclic amines) is 1. The lowest BCUT2D eigenvalue weighted by Crippen LogP contribution is -2.48. The van der Waals surface area contributed by atoms with Gasteiger partial charge in [0.25, 0.3) is 0 Å². The van der Waals surface area contributed by atoms with Crippen LogP contribution in [0.2, 0.25) is 0 Å². The van der Waals surface area contributed by atoms with Crippen LogP contribution in [0.4, 0.5) is 4.79 Å². The van der Waals surface area contributed by atoms with Crippen LogP contribution in [0.25, 0.3) is 0 Å². The summed E-state index contributed by atoms with van der Waals surface area (Å²) in [5.74, 6) is 0.657. The van der Waals surface area contributed by atoms with E-state index in [9.17, 15) is 4.79 Å². The number of amides is 1. The molecule has 58 valence electrons. The van der Waals surface area contributed by atoms with Crippen molar-refractivity contribution < 1.29 is 9.53 Å². The van der Waals surface area contributed by atoms with Crippen molar-refractivity contribution in [1.29, 1.82) is 0 Å². The number of rotatable bonds is 1. The summed E-state index contributed by atoms with van der Waals surface area (Å²) in [6, 6.07) is 0. The molecule has 0 aliphatic carbocycles. The van der Waals surface area contributed by atoms with Crippen LogP contribution in [-0.4, -0.2) is 30.7 Å². The van der Waals surface area contributed by atoms with E-state index in [1.165, 1.54) is 0 Å². The highest BCUT2D eigenvalue weighted by Gasteiger charge is 2.27. The van der Waals surface area contributed by atoms with Crippen molar-refractivity contribution in [2.75, 3.05) is 19.7 Å². The van der Waals surface area contributed by atoms with Gasteiger partial charge in [0, 0.05) is 13.1 Å².